The van der Waals surface area contributed by atoms with Gasteiger partial charge in [-0.15, -0.1) is 0 Å². The van der Waals surface area contributed by atoms with Crippen LogP contribution in [-0.4, -0.2) is 14.8 Å². The van der Waals surface area contributed by atoms with Gasteiger partial charge in [-0.25, -0.2) is 14.1 Å². The normalized spacial score (nSPS) is 10.6. The minimum absolute atomic E-state index is 0.194. The molecular formula is C11H12BrFN4O. The van der Waals surface area contributed by atoms with E-state index >= 15 is 0 Å². The molecular weight excluding hydrogens is 303 g/mol. The molecule has 7 heteroatoms. The molecule has 96 valence electrons. The SMILES string of the molecule is CCn1ncnc1COc1cc(F)c(Br)cc1N. The minimum Gasteiger partial charge on any atom is -0.483 e. The first-order valence-electron chi connectivity index (χ1n) is 5.35. The van der Waals surface area contributed by atoms with Crippen molar-refractivity contribution in [2.75, 3.05) is 5.73 Å². The van der Waals surface area contributed by atoms with Gasteiger partial charge < -0.3 is 10.5 Å². The number of aryl methyl sites for hydroxylation is 1. The van der Waals surface area contributed by atoms with Gasteiger partial charge in [-0.2, -0.15) is 5.10 Å². The molecule has 1 aromatic carbocycles. The molecule has 0 saturated heterocycles. The predicted molar refractivity (Wildman–Crippen MR) is 68.5 cm³/mol. The van der Waals surface area contributed by atoms with Gasteiger partial charge in [-0.1, -0.05) is 0 Å². The second-order valence-electron chi connectivity index (χ2n) is 3.58. The van der Waals surface area contributed by atoms with E-state index in [0.717, 1.165) is 0 Å². The van der Waals surface area contributed by atoms with Gasteiger partial charge in [-0.05, 0) is 28.9 Å². The summed E-state index contributed by atoms with van der Waals surface area (Å²) in [6.07, 6.45) is 1.45. The van der Waals surface area contributed by atoms with Gasteiger partial charge in [0.05, 0.1) is 10.2 Å². The molecule has 0 saturated carbocycles. The van der Waals surface area contributed by atoms with Crippen LogP contribution in [0.25, 0.3) is 0 Å². The Hall–Kier alpha value is -1.63. The Morgan fingerprint density at radius 3 is 3.00 bits per heavy atom. The average molecular weight is 315 g/mol. The van der Waals surface area contributed by atoms with Crippen LogP contribution in [0.5, 0.6) is 5.75 Å². The summed E-state index contributed by atoms with van der Waals surface area (Å²) < 4.78 is 20.8. The molecule has 1 heterocycles. The number of benzene rings is 1. The molecule has 0 aliphatic carbocycles. The molecule has 0 aliphatic heterocycles. The van der Waals surface area contributed by atoms with Gasteiger partial charge in [0.1, 0.15) is 24.5 Å². The first-order valence-corrected chi connectivity index (χ1v) is 6.15. The quantitative estimate of drug-likeness (QED) is 0.880. The van der Waals surface area contributed by atoms with Gasteiger partial charge in [0.15, 0.2) is 5.82 Å². The summed E-state index contributed by atoms with van der Waals surface area (Å²) in [6, 6.07) is 2.71. The van der Waals surface area contributed by atoms with E-state index in [1.807, 2.05) is 6.92 Å². The molecule has 1 aromatic heterocycles. The Morgan fingerprint density at radius 1 is 1.50 bits per heavy atom. The number of aromatic nitrogens is 3. The number of nitrogens with zero attached hydrogens (tertiary/aromatic N) is 3. The molecule has 0 fully saturated rings. The Balaban J connectivity index is 2.13. The van der Waals surface area contributed by atoms with Crippen LogP contribution < -0.4 is 10.5 Å². The van der Waals surface area contributed by atoms with Gasteiger partial charge in [-0.3, -0.25) is 0 Å². The monoisotopic (exact) mass is 314 g/mol. The van der Waals surface area contributed by atoms with Crippen molar-refractivity contribution < 1.29 is 9.13 Å². The van der Waals surface area contributed by atoms with Crippen molar-refractivity contribution in [2.24, 2.45) is 0 Å². The molecule has 0 aliphatic rings. The zero-order chi connectivity index (χ0) is 13.1. The number of rotatable bonds is 4. The Bertz CT molecular complexity index is 558. The third kappa shape index (κ3) is 2.61. The Kier molecular flexibility index (Phi) is 3.81. The predicted octanol–water partition coefficient (Wildman–Crippen LogP) is 2.36. The van der Waals surface area contributed by atoms with Crippen molar-refractivity contribution in [3.05, 3.63) is 34.6 Å². The highest BCUT2D eigenvalue weighted by molar-refractivity contribution is 9.10. The van der Waals surface area contributed by atoms with Crippen LogP contribution in [0.4, 0.5) is 10.1 Å². The van der Waals surface area contributed by atoms with E-state index in [2.05, 4.69) is 26.0 Å². The van der Waals surface area contributed by atoms with Gasteiger partial charge in [0.25, 0.3) is 0 Å². The van der Waals surface area contributed by atoms with E-state index < -0.39 is 5.82 Å². The van der Waals surface area contributed by atoms with Crippen molar-refractivity contribution in [1.29, 1.82) is 0 Å². The standard InChI is InChI=1S/C11H12BrFN4O/c1-2-17-11(15-6-16-17)5-18-10-4-8(13)7(12)3-9(10)14/h3-4,6H,2,5,14H2,1H3. The molecule has 2 N–H and O–H groups in total. The van der Waals surface area contributed by atoms with Crippen LogP contribution in [0.3, 0.4) is 0 Å². The zero-order valence-corrected chi connectivity index (χ0v) is 11.3. The molecule has 5 nitrogen and oxygen atoms in total. The average Bonchev–Trinajstić information content (AvgIpc) is 2.79. The summed E-state index contributed by atoms with van der Waals surface area (Å²) in [5.41, 5.74) is 6.10. The van der Waals surface area contributed by atoms with Gasteiger partial charge in [0.2, 0.25) is 0 Å². The lowest BCUT2D eigenvalue weighted by Gasteiger charge is -2.09. The fraction of sp³-hybridized carbons (Fsp3) is 0.273. The molecule has 0 spiro atoms. The van der Waals surface area contributed by atoms with Crippen LogP contribution in [0.15, 0.2) is 22.9 Å². The van der Waals surface area contributed by atoms with Crippen LogP contribution in [-0.2, 0) is 13.2 Å². The molecule has 0 atom stereocenters. The zero-order valence-electron chi connectivity index (χ0n) is 9.73. The lowest BCUT2D eigenvalue weighted by Crippen LogP contribution is -2.08. The molecule has 2 aromatic rings. The van der Waals surface area contributed by atoms with Crippen LogP contribution >= 0.6 is 15.9 Å². The number of hydrogen-bond acceptors (Lipinski definition) is 4. The van der Waals surface area contributed by atoms with E-state index in [9.17, 15) is 4.39 Å². The highest BCUT2D eigenvalue weighted by atomic mass is 79.9. The van der Waals surface area contributed by atoms with Crippen molar-refractivity contribution in [3.63, 3.8) is 0 Å². The molecule has 0 unspecified atom stereocenters. The molecule has 2 rings (SSSR count). The fourth-order valence-electron chi connectivity index (χ4n) is 1.48. The van der Waals surface area contributed by atoms with Gasteiger partial charge >= 0.3 is 0 Å². The maximum atomic E-state index is 13.4. The summed E-state index contributed by atoms with van der Waals surface area (Å²) in [4.78, 5) is 4.05. The maximum Gasteiger partial charge on any atom is 0.164 e. The number of nitrogen functional groups attached to an aromatic ring is 1. The highest BCUT2D eigenvalue weighted by Crippen LogP contribution is 2.28. The highest BCUT2D eigenvalue weighted by Gasteiger charge is 2.09. The summed E-state index contributed by atoms with van der Waals surface area (Å²) in [7, 11) is 0. The van der Waals surface area contributed by atoms with E-state index in [0.29, 0.717) is 28.3 Å². The molecule has 18 heavy (non-hydrogen) atoms. The molecule has 0 bridgehead atoms. The Labute approximate surface area is 112 Å². The number of nitrogens with two attached hydrogens (primary N) is 1. The fourth-order valence-corrected chi connectivity index (χ4v) is 1.84. The lowest BCUT2D eigenvalue weighted by atomic mass is 10.3. The second kappa shape index (κ2) is 5.34. The van der Waals surface area contributed by atoms with Crippen molar-refractivity contribution >= 4 is 21.6 Å². The first kappa shape index (κ1) is 12.8. The number of hydrogen-bond donors (Lipinski definition) is 1. The molecule has 0 amide bonds. The lowest BCUT2D eigenvalue weighted by molar-refractivity contribution is 0.287. The number of ether oxygens (including phenoxy) is 1. The van der Waals surface area contributed by atoms with Crippen LogP contribution in [0, 0.1) is 5.82 Å². The summed E-state index contributed by atoms with van der Waals surface area (Å²) in [5.74, 6) is 0.540. The topological polar surface area (TPSA) is 66.0 Å². The van der Waals surface area contributed by atoms with E-state index in [-0.39, 0.29) is 6.61 Å². The second-order valence-corrected chi connectivity index (χ2v) is 4.44. The summed E-state index contributed by atoms with van der Waals surface area (Å²) in [5, 5.41) is 4.01. The minimum atomic E-state index is -0.420. The third-order valence-corrected chi connectivity index (χ3v) is 3.01. The Morgan fingerprint density at radius 2 is 2.28 bits per heavy atom. The summed E-state index contributed by atoms with van der Waals surface area (Å²) >= 11 is 3.06. The summed E-state index contributed by atoms with van der Waals surface area (Å²) in [6.45, 7) is 2.84. The number of halogens is 2. The van der Waals surface area contributed by atoms with Gasteiger partial charge in [0, 0.05) is 12.6 Å². The van der Waals surface area contributed by atoms with E-state index in [1.54, 1.807) is 4.68 Å². The van der Waals surface area contributed by atoms with E-state index in [4.69, 9.17) is 10.5 Å². The molecule has 0 radical (unpaired) electrons. The maximum absolute atomic E-state index is 13.4. The largest absolute Gasteiger partial charge is 0.483 e. The smallest absolute Gasteiger partial charge is 0.164 e. The van der Waals surface area contributed by atoms with Crippen molar-refractivity contribution in [2.45, 2.75) is 20.1 Å². The third-order valence-electron chi connectivity index (χ3n) is 2.40. The van der Waals surface area contributed by atoms with E-state index in [1.165, 1.54) is 18.5 Å². The van der Waals surface area contributed by atoms with Crippen molar-refractivity contribution in [3.8, 4) is 5.75 Å². The van der Waals surface area contributed by atoms with Crippen LogP contribution in [0.1, 0.15) is 12.7 Å². The first-order chi connectivity index (χ1) is 8.61. The van der Waals surface area contributed by atoms with Crippen LogP contribution in [0.2, 0.25) is 0 Å². The number of anilines is 1. The van der Waals surface area contributed by atoms with Crippen molar-refractivity contribution in [1.82, 2.24) is 14.8 Å².